The Hall–Kier alpha value is -1.05. The summed E-state index contributed by atoms with van der Waals surface area (Å²) in [5, 5.41) is 10.1. The molecule has 0 saturated heterocycles. The van der Waals surface area contributed by atoms with Gasteiger partial charge in [-0.3, -0.25) is 4.79 Å². The average Bonchev–Trinajstić information content (AvgIpc) is 2.72. The highest BCUT2D eigenvalue weighted by atomic mass is 16.4. The number of fused-ring (bicyclic) bond motifs is 7. The molecule has 0 radical (unpaired) electrons. The van der Waals surface area contributed by atoms with Gasteiger partial charge in [0.2, 0.25) is 0 Å². The molecule has 1 N–H and O–H groups in total. The second-order valence-electron chi connectivity index (χ2n) is 14.3. The summed E-state index contributed by atoms with van der Waals surface area (Å²) in [6, 6.07) is 0. The molecule has 5 aliphatic rings. The first-order valence-electron chi connectivity index (χ1n) is 13.3. The third kappa shape index (κ3) is 2.56. The van der Waals surface area contributed by atoms with E-state index in [0.717, 1.165) is 25.2 Å². The summed E-state index contributed by atoms with van der Waals surface area (Å²) in [7, 11) is 0. The van der Waals surface area contributed by atoms with Crippen molar-refractivity contribution < 1.29 is 9.90 Å². The number of carboxylic acids is 1. The fourth-order valence-corrected chi connectivity index (χ4v) is 10.6. The Bertz CT molecular complexity index is 887. The fourth-order valence-electron chi connectivity index (χ4n) is 10.6. The van der Waals surface area contributed by atoms with E-state index >= 15 is 0 Å². The van der Waals surface area contributed by atoms with Crippen molar-refractivity contribution in [1.82, 2.24) is 0 Å². The topological polar surface area (TPSA) is 37.3 Å². The Morgan fingerprint density at radius 1 is 0.875 bits per heavy atom. The van der Waals surface area contributed by atoms with Crippen LogP contribution in [-0.4, -0.2) is 11.1 Å². The Morgan fingerprint density at radius 3 is 2.19 bits per heavy atom. The highest BCUT2D eigenvalue weighted by Gasteiger charge is 2.70. The maximum absolute atomic E-state index is 12.3. The van der Waals surface area contributed by atoms with Crippen LogP contribution in [0.4, 0.5) is 0 Å². The Labute approximate surface area is 196 Å². The minimum Gasteiger partial charge on any atom is -0.481 e. The van der Waals surface area contributed by atoms with E-state index in [1.54, 1.807) is 0 Å². The molecule has 0 unspecified atom stereocenters. The van der Waals surface area contributed by atoms with Gasteiger partial charge in [-0.1, -0.05) is 53.3 Å². The maximum atomic E-state index is 12.3. The summed E-state index contributed by atoms with van der Waals surface area (Å²) < 4.78 is 0. The first kappa shape index (κ1) is 22.7. The summed E-state index contributed by atoms with van der Waals surface area (Å²) in [5.41, 5.74) is 2.24. The molecule has 9 atom stereocenters. The van der Waals surface area contributed by atoms with Gasteiger partial charge in [0, 0.05) is 0 Å². The highest BCUT2D eigenvalue weighted by molar-refractivity contribution is 5.74. The van der Waals surface area contributed by atoms with Crippen LogP contribution >= 0.6 is 0 Å². The number of allylic oxidation sites excluding steroid dienone is 3. The molecule has 0 bridgehead atoms. The minimum absolute atomic E-state index is 0.233. The number of carboxylic acid groups (broad SMARTS) is 1. The fraction of sp³-hybridized carbons (Fsp3) is 0.833. The van der Waals surface area contributed by atoms with Gasteiger partial charge >= 0.3 is 5.97 Å². The van der Waals surface area contributed by atoms with E-state index in [0.29, 0.717) is 28.1 Å². The third-order valence-electron chi connectivity index (χ3n) is 13.2. The molecule has 0 aromatic rings. The van der Waals surface area contributed by atoms with E-state index in [4.69, 9.17) is 0 Å². The van der Waals surface area contributed by atoms with E-state index in [-0.39, 0.29) is 10.8 Å². The van der Waals surface area contributed by atoms with Crippen LogP contribution in [0.1, 0.15) is 106 Å². The first-order chi connectivity index (χ1) is 14.8. The van der Waals surface area contributed by atoms with Crippen molar-refractivity contribution in [3.8, 4) is 0 Å². The second-order valence-corrected chi connectivity index (χ2v) is 14.3. The van der Waals surface area contributed by atoms with Gasteiger partial charge in [-0.05, 0) is 122 Å². The lowest BCUT2D eigenvalue weighted by atomic mass is 9.30. The lowest BCUT2D eigenvalue weighted by molar-refractivity contribution is -0.248. The molecule has 5 aliphatic carbocycles. The molecular weight excluding hydrogens is 392 g/mol. The number of rotatable bonds is 1. The molecular formula is C30H46O2. The van der Waals surface area contributed by atoms with Crippen LogP contribution in [0.15, 0.2) is 24.3 Å². The molecule has 0 aliphatic heterocycles. The van der Waals surface area contributed by atoms with Gasteiger partial charge in [0.1, 0.15) is 0 Å². The average molecular weight is 439 g/mol. The van der Waals surface area contributed by atoms with E-state index in [1.807, 2.05) is 6.92 Å². The van der Waals surface area contributed by atoms with Gasteiger partial charge in [0.15, 0.2) is 0 Å². The molecule has 0 aromatic carbocycles. The van der Waals surface area contributed by atoms with Crippen molar-refractivity contribution >= 4 is 5.97 Å². The number of hydrogen-bond donors (Lipinski definition) is 1. The maximum Gasteiger partial charge on any atom is 0.309 e. The zero-order chi connectivity index (χ0) is 23.4. The minimum atomic E-state index is -0.572. The van der Waals surface area contributed by atoms with Crippen molar-refractivity contribution in [2.24, 2.45) is 50.2 Å². The molecule has 0 heterocycles. The molecule has 0 amide bonds. The third-order valence-corrected chi connectivity index (χ3v) is 13.2. The van der Waals surface area contributed by atoms with Crippen LogP contribution < -0.4 is 0 Å². The summed E-state index contributed by atoms with van der Waals surface area (Å²) in [6.07, 6.45) is 16.4. The lowest BCUT2D eigenvalue weighted by Gasteiger charge is -2.74. The number of hydrogen-bond acceptors (Lipinski definition) is 1. The SMILES string of the molecule is C=C1C=CC[C@H]2[C@]3(C)CC[C@]4(C)[C@H]5C[C@](C)(C(=O)O)CC[C@]5(C)CC[C@]4(C)[C@@H]3CC[C@]12C. The number of carbonyl (C=O) groups is 1. The van der Waals surface area contributed by atoms with Crippen molar-refractivity contribution in [1.29, 1.82) is 0 Å². The van der Waals surface area contributed by atoms with E-state index in [1.165, 1.54) is 50.5 Å². The molecule has 178 valence electrons. The zero-order valence-corrected chi connectivity index (χ0v) is 21.5. The molecule has 5 rings (SSSR count). The Morgan fingerprint density at radius 2 is 1.50 bits per heavy atom. The molecule has 2 heteroatoms. The summed E-state index contributed by atoms with van der Waals surface area (Å²) >= 11 is 0. The van der Waals surface area contributed by atoms with Crippen LogP contribution in [-0.2, 0) is 4.79 Å². The zero-order valence-electron chi connectivity index (χ0n) is 21.5. The predicted octanol–water partition coefficient (Wildman–Crippen LogP) is 8.04. The first-order valence-corrected chi connectivity index (χ1v) is 13.3. The lowest BCUT2D eigenvalue weighted by Crippen LogP contribution is -2.67. The van der Waals surface area contributed by atoms with Crippen LogP contribution in [0, 0.1) is 50.2 Å². The summed E-state index contributed by atoms with van der Waals surface area (Å²) in [5.74, 6) is 1.37. The van der Waals surface area contributed by atoms with Crippen molar-refractivity contribution in [3.05, 3.63) is 24.3 Å². The van der Waals surface area contributed by atoms with Crippen molar-refractivity contribution in [3.63, 3.8) is 0 Å². The molecule has 0 spiro atoms. The standard InChI is InChI=1S/C30H46O2/c1-20-9-8-10-21-27(20,4)12-11-22-28(21,5)16-18-30(7)23-19-26(3,24(31)32)14-13-25(23,2)15-17-29(22,30)6/h8-9,21-23H,1,10-19H2,2-7H3,(H,31,32)/t21-,22-,23+,25-,26-,27-,28+,29-,30-/m1/s1. The van der Waals surface area contributed by atoms with Gasteiger partial charge in [0.05, 0.1) is 5.41 Å². The van der Waals surface area contributed by atoms with Crippen LogP contribution in [0.25, 0.3) is 0 Å². The van der Waals surface area contributed by atoms with Gasteiger partial charge in [-0.2, -0.15) is 0 Å². The highest BCUT2D eigenvalue weighted by Crippen LogP contribution is 2.78. The van der Waals surface area contributed by atoms with Crippen LogP contribution in [0.5, 0.6) is 0 Å². The normalized spacial score (nSPS) is 57.1. The molecule has 0 aromatic heterocycles. The van der Waals surface area contributed by atoms with E-state index in [9.17, 15) is 9.90 Å². The molecule has 4 fully saturated rings. The van der Waals surface area contributed by atoms with Crippen molar-refractivity contribution in [2.75, 3.05) is 0 Å². The van der Waals surface area contributed by atoms with Gasteiger partial charge in [-0.25, -0.2) is 0 Å². The van der Waals surface area contributed by atoms with E-state index < -0.39 is 11.4 Å². The van der Waals surface area contributed by atoms with Gasteiger partial charge in [-0.15, -0.1) is 0 Å². The summed E-state index contributed by atoms with van der Waals surface area (Å²) in [4.78, 5) is 12.3. The largest absolute Gasteiger partial charge is 0.481 e. The van der Waals surface area contributed by atoms with E-state index in [2.05, 4.69) is 53.3 Å². The monoisotopic (exact) mass is 438 g/mol. The van der Waals surface area contributed by atoms with Crippen LogP contribution in [0.2, 0.25) is 0 Å². The number of aliphatic carboxylic acids is 1. The quantitative estimate of drug-likeness (QED) is 0.450. The molecule has 2 nitrogen and oxygen atoms in total. The van der Waals surface area contributed by atoms with Gasteiger partial charge < -0.3 is 5.11 Å². The molecule has 4 saturated carbocycles. The summed E-state index contributed by atoms with van der Waals surface area (Å²) in [6.45, 7) is 19.4. The Kier molecular flexibility index (Phi) is 4.65. The second kappa shape index (κ2) is 6.54. The van der Waals surface area contributed by atoms with Gasteiger partial charge in [0.25, 0.3) is 0 Å². The Balaban J connectivity index is 1.56. The smallest absolute Gasteiger partial charge is 0.309 e. The van der Waals surface area contributed by atoms with Crippen molar-refractivity contribution in [2.45, 2.75) is 106 Å². The molecule has 32 heavy (non-hydrogen) atoms. The van der Waals surface area contributed by atoms with Crippen LogP contribution in [0.3, 0.4) is 0 Å². The predicted molar refractivity (Wildman–Crippen MR) is 131 cm³/mol.